The van der Waals surface area contributed by atoms with Gasteiger partial charge < -0.3 is 14.6 Å². The maximum Gasteiger partial charge on any atom is 0.255 e. The van der Waals surface area contributed by atoms with Crippen LogP contribution in [0.2, 0.25) is 0 Å². The summed E-state index contributed by atoms with van der Waals surface area (Å²) in [5.74, 6) is 1.92. The topological polar surface area (TPSA) is 78.5 Å². The van der Waals surface area contributed by atoms with Crippen LogP contribution < -0.4 is 10.3 Å². The van der Waals surface area contributed by atoms with Crippen LogP contribution in [0.3, 0.4) is 0 Å². The van der Waals surface area contributed by atoms with Gasteiger partial charge in [-0.3, -0.25) is 14.5 Å². The minimum absolute atomic E-state index is 0.0345. The van der Waals surface area contributed by atoms with Crippen molar-refractivity contribution in [3.63, 3.8) is 0 Å². The Kier molecular flexibility index (Phi) is 6.18. The van der Waals surface area contributed by atoms with Crippen LogP contribution in [-0.4, -0.2) is 52.4 Å². The Labute approximate surface area is 177 Å². The standard InChI is InChI=1S/C23H30N4O3/c1-3-4-21(28)27-12-9-17(14-27)22-24-20-10-11-26(15-19(20)23(29)25-22)13-16-5-7-18(30-2)8-6-16/h5-8,17H,3-4,9-15H2,1-2H3,(H,24,25,29)/t17-/m1/s1. The first-order chi connectivity index (χ1) is 14.6. The van der Waals surface area contributed by atoms with Gasteiger partial charge in [-0.05, 0) is 30.5 Å². The highest BCUT2D eigenvalue weighted by atomic mass is 16.5. The fourth-order valence-electron chi connectivity index (χ4n) is 4.40. The summed E-state index contributed by atoms with van der Waals surface area (Å²) in [6.07, 6.45) is 3.08. The van der Waals surface area contributed by atoms with Crippen molar-refractivity contribution in [3.8, 4) is 5.75 Å². The molecule has 1 aromatic heterocycles. The average molecular weight is 411 g/mol. The van der Waals surface area contributed by atoms with E-state index in [1.165, 1.54) is 5.56 Å². The predicted octanol–water partition coefficient (Wildman–Crippen LogP) is 2.45. The SMILES string of the molecule is CCCC(=O)N1CC[C@@H](c2nc3c(c(=O)[nH]2)CN(Cc2ccc(OC)cc2)CC3)C1. The van der Waals surface area contributed by atoms with Gasteiger partial charge in [-0.25, -0.2) is 4.98 Å². The molecule has 0 unspecified atom stereocenters. The smallest absolute Gasteiger partial charge is 0.255 e. The molecule has 2 aromatic rings. The van der Waals surface area contributed by atoms with Gasteiger partial charge in [0.25, 0.3) is 5.56 Å². The first kappa shape index (κ1) is 20.6. The molecule has 1 saturated heterocycles. The summed E-state index contributed by atoms with van der Waals surface area (Å²) >= 11 is 0. The first-order valence-corrected chi connectivity index (χ1v) is 10.8. The van der Waals surface area contributed by atoms with E-state index in [-0.39, 0.29) is 17.4 Å². The average Bonchev–Trinajstić information content (AvgIpc) is 3.25. The Bertz CT molecular complexity index is 954. The van der Waals surface area contributed by atoms with E-state index in [4.69, 9.17) is 9.72 Å². The van der Waals surface area contributed by atoms with Crippen LogP contribution in [0.25, 0.3) is 0 Å². The number of nitrogens with one attached hydrogen (secondary N) is 1. The second kappa shape index (κ2) is 9.00. The Hall–Kier alpha value is -2.67. The van der Waals surface area contributed by atoms with E-state index in [0.717, 1.165) is 61.7 Å². The van der Waals surface area contributed by atoms with Crippen LogP contribution in [0.4, 0.5) is 0 Å². The largest absolute Gasteiger partial charge is 0.497 e. The van der Waals surface area contributed by atoms with Gasteiger partial charge in [0.2, 0.25) is 5.91 Å². The molecule has 1 N–H and O–H groups in total. The van der Waals surface area contributed by atoms with Crippen molar-refractivity contribution < 1.29 is 9.53 Å². The van der Waals surface area contributed by atoms with Gasteiger partial charge in [0.15, 0.2) is 0 Å². The second-order valence-corrected chi connectivity index (χ2v) is 8.26. The van der Waals surface area contributed by atoms with Gasteiger partial charge >= 0.3 is 0 Å². The molecular formula is C23H30N4O3. The molecule has 0 spiro atoms. The number of likely N-dealkylation sites (tertiary alicyclic amines) is 1. The summed E-state index contributed by atoms with van der Waals surface area (Å²) in [5.41, 5.74) is 2.85. The Morgan fingerprint density at radius 1 is 1.27 bits per heavy atom. The van der Waals surface area contributed by atoms with E-state index in [1.807, 2.05) is 24.0 Å². The highest BCUT2D eigenvalue weighted by Crippen LogP contribution is 2.26. The van der Waals surface area contributed by atoms with Crippen LogP contribution >= 0.6 is 0 Å². The van der Waals surface area contributed by atoms with Crippen LogP contribution in [0, 0.1) is 0 Å². The molecule has 7 nitrogen and oxygen atoms in total. The van der Waals surface area contributed by atoms with Gasteiger partial charge in [-0.2, -0.15) is 0 Å². The molecule has 0 saturated carbocycles. The molecule has 1 atom stereocenters. The zero-order chi connectivity index (χ0) is 21.1. The highest BCUT2D eigenvalue weighted by molar-refractivity contribution is 5.76. The lowest BCUT2D eigenvalue weighted by Gasteiger charge is -2.28. The van der Waals surface area contributed by atoms with Crippen LogP contribution in [-0.2, 0) is 24.3 Å². The fraction of sp³-hybridized carbons (Fsp3) is 0.522. The van der Waals surface area contributed by atoms with Gasteiger partial charge in [-0.15, -0.1) is 0 Å². The number of aromatic nitrogens is 2. The quantitative estimate of drug-likeness (QED) is 0.791. The molecule has 0 aliphatic carbocycles. The molecule has 2 aliphatic heterocycles. The first-order valence-electron chi connectivity index (χ1n) is 10.8. The second-order valence-electron chi connectivity index (χ2n) is 8.26. The summed E-state index contributed by atoms with van der Waals surface area (Å²) < 4.78 is 5.22. The van der Waals surface area contributed by atoms with E-state index in [0.29, 0.717) is 19.5 Å². The number of H-pyrrole nitrogens is 1. The number of hydrogen-bond acceptors (Lipinski definition) is 5. The molecule has 7 heteroatoms. The Balaban J connectivity index is 1.44. The number of rotatable bonds is 6. The number of methoxy groups -OCH3 is 1. The molecule has 2 aliphatic rings. The number of benzene rings is 1. The Morgan fingerprint density at radius 3 is 2.80 bits per heavy atom. The zero-order valence-electron chi connectivity index (χ0n) is 17.8. The van der Waals surface area contributed by atoms with Crippen LogP contribution in [0.1, 0.15) is 54.7 Å². The van der Waals surface area contributed by atoms with Crippen molar-refractivity contribution in [2.24, 2.45) is 0 Å². The predicted molar refractivity (Wildman–Crippen MR) is 115 cm³/mol. The lowest BCUT2D eigenvalue weighted by molar-refractivity contribution is -0.130. The number of nitrogens with zero attached hydrogens (tertiary/aromatic N) is 3. The molecule has 1 aromatic carbocycles. The van der Waals surface area contributed by atoms with Crippen molar-refractivity contribution in [3.05, 3.63) is 57.3 Å². The van der Waals surface area contributed by atoms with Crippen molar-refractivity contribution in [2.45, 2.75) is 51.6 Å². The summed E-state index contributed by atoms with van der Waals surface area (Å²) in [5, 5.41) is 0. The molecule has 4 rings (SSSR count). The number of hydrogen-bond donors (Lipinski definition) is 1. The third kappa shape index (κ3) is 4.41. The molecule has 0 bridgehead atoms. The van der Waals surface area contributed by atoms with Gasteiger partial charge in [0.1, 0.15) is 11.6 Å². The van der Waals surface area contributed by atoms with E-state index in [1.54, 1.807) is 7.11 Å². The Morgan fingerprint density at radius 2 is 2.07 bits per heavy atom. The third-order valence-electron chi connectivity index (χ3n) is 6.12. The molecule has 1 fully saturated rings. The summed E-state index contributed by atoms with van der Waals surface area (Å²) in [6, 6.07) is 8.05. The lowest BCUT2D eigenvalue weighted by atomic mass is 10.0. The van der Waals surface area contributed by atoms with E-state index in [2.05, 4.69) is 22.0 Å². The zero-order valence-corrected chi connectivity index (χ0v) is 17.8. The molecular weight excluding hydrogens is 380 g/mol. The van der Waals surface area contributed by atoms with E-state index >= 15 is 0 Å². The van der Waals surface area contributed by atoms with Crippen molar-refractivity contribution in [1.29, 1.82) is 0 Å². The summed E-state index contributed by atoms with van der Waals surface area (Å²) in [7, 11) is 1.66. The van der Waals surface area contributed by atoms with E-state index < -0.39 is 0 Å². The minimum Gasteiger partial charge on any atom is -0.497 e. The molecule has 3 heterocycles. The van der Waals surface area contributed by atoms with Crippen molar-refractivity contribution in [2.75, 3.05) is 26.7 Å². The van der Waals surface area contributed by atoms with E-state index in [9.17, 15) is 9.59 Å². The fourth-order valence-corrected chi connectivity index (χ4v) is 4.40. The number of ether oxygens (including phenoxy) is 1. The monoisotopic (exact) mass is 410 g/mol. The molecule has 1 amide bonds. The lowest BCUT2D eigenvalue weighted by Crippen LogP contribution is -2.36. The van der Waals surface area contributed by atoms with Gasteiger partial charge in [0, 0.05) is 51.5 Å². The number of fused-ring (bicyclic) bond motifs is 1. The minimum atomic E-state index is -0.0345. The number of carbonyl (C=O) groups excluding carboxylic acids is 1. The highest BCUT2D eigenvalue weighted by Gasteiger charge is 2.30. The number of amides is 1. The maximum atomic E-state index is 12.8. The molecule has 30 heavy (non-hydrogen) atoms. The van der Waals surface area contributed by atoms with Crippen LogP contribution in [0.15, 0.2) is 29.1 Å². The van der Waals surface area contributed by atoms with Gasteiger partial charge in [-0.1, -0.05) is 19.1 Å². The molecule has 160 valence electrons. The summed E-state index contributed by atoms with van der Waals surface area (Å²) in [4.78, 5) is 37.0. The van der Waals surface area contributed by atoms with Gasteiger partial charge in [0.05, 0.1) is 18.4 Å². The summed E-state index contributed by atoms with van der Waals surface area (Å²) in [6.45, 7) is 5.70. The number of carbonyl (C=O) groups is 1. The third-order valence-corrected chi connectivity index (χ3v) is 6.12. The van der Waals surface area contributed by atoms with Crippen molar-refractivity contribution >= 4 is 5.91 Å². The molecule has 0 radical (unpaired) electrons. The number of aromatic amines is 1. The normalized spacial score (nSPS) is 19.0. The van der Waals surface area contributed by atoms with Crippen LogP contribution in [0.5, 0.6) is 5.75 Å². The maximum absolute atomic E-state index is 12.8. The van der Waals surface area contributed by atoms with Crippen molar-refractivity contribution in [1.82, 2.24) is 19.8 Å².